The minimum Gasteiger partial charge on any atom is -0.324 e. The molecule has 2 N–H and O–H groups in total. The number of sulfonamides is 1. The monoisotopic (exact) mass is 361 g/mol. The molecule has 0 aromatic heterocycles. The van der Waals surface area contributed by atoms with Gasteiger partial charge >= 0.3 is 6.03 Å². The van der Waals surface area contributed by atoms with Gasteiger partial charge in [-0.2, -0.15) is 0 Å². The number of nitrogens with zero attached hydrogens (tertiary/aromatic N) is 1. The number of halogens is 2. The van der Waals surface area contributed by atoms with E-state index in [4.69, 9.17) is 0 Å². The Kier molecular flexibility index (Phi) is 5.76. The lowest BCUT2D eigenvalue weighted by molar-refractivity contribution is 0.193. The Hall–Kier alpha value is -1.74. The molecule has 1 aliphatic heterocycles. The summed E-state index contributed by atoms with van der Waals surface area (Å²) >= 11 is 0. The first-order valence-electron chi connectivity index (χ1n) is 7.70. The molecule has 1 fully saturated rings. The highest BCUT2D eigenvalue weighted by Gasteiger charge is 2.27. The highest BCUT2D eigenvalue weighted by molar-refractivity contribution is 7.90. The molecular formula is C15H21F2N3O3S. The third-order valence-corrected chi connectivity index (χ3v) is 5.75. The zero-order valence-electron chi connectivity index (χ0n) is 13.6. The number of benzene rings is 1. The average molecular weight is 361 g/mol. The van der Waals surface area contributed by atoms with E-state index >= 15 is 0 Å². The third-order valence-electron chi connectivity index (χ3n) is 3.85. The number of carbonyl (C=O) groups is 1. The fourth-order valence-corrected chi connectivity index (χ4v) is 3.37. The van der Waals surface area contributed by atoms with Crippen LogP contribution in [0.4, 0.5) is 19.3 Å². The number of rotatable bonds is 4. The van der Waals surface area contributed by atoms with Gasteiger partial charge in [-0.05, 0) is 38.8 Å². The maximum absolute atomic E-state index is 13.1. The van der Waals surface area contributed by atoms with Crippen LogP contribution in [-0.4, -0.2) is 43.7 Å². The van der Waals surface area contributed by atoms with E-state index in [9.17, 15) is 22.0 Å². The van der Waals surface area contributed by atoms with Crippen LogP contribution in [0.3, 0.4) is 0 Å². The average Bonchev–Trinajstić information content (AvgIpc) is 2.46. The molecule has 0 saturated carbocycles. The maximum Gasteiger partial charge on any atom is 0.321 e. The normalized spacial score (nSPS) is 16.5. The Morgan fingerprint density at radius 2 is 1.71 bits per heavy atom. The Balaban J connectivity index is 1.89. The first-order chi connectivity index (χ1) is 11.2. The second kappa shape index (κ2) is 7.43. The Morgan fingerprint density at radius 3 is 2.21 bits per heavy atom. The van der Waals surface area contributed by atoms with E-state index in [0.717, 1.165) is 18.2 Å². The topological polar surface area (TPSA) is 78.5 Å². The number of carbonyl (C=O) groups excluding carboxylic acids is 1. The van der Waals surface area contributed by atoms with Crippen LogP contribution in [0.2, 0.25) is 0 Å². The van der Waals surface area contributed by atoms with Gasteiger partial charge in [0.05, 0.1) is 5.25 Å². The van der Waals surface area contributed by atoms with E-state index < -0.39 is 32.9 Å². The van der Waals surface area contributed by atoms with Crippen molar-refractivity contribution in [3.8, 4) is 0 Å². The van der Waals surface area contributed by atoms with E-state index in [-0.39, 0.29) is 11.7 Å². The van der Waals surface area contributed by atoms with Crippen LogP contribution in [0, 0.1) is 11.6 Å². The minimum absolute atomic E-state index is 0.0418. The van der Waals surface area contributed by atoms with Gasteiger partial charge in [0.1, 0.15) is 11.6 Å². The lowest BCUT2D eigenvalue weighted by Gasteiger charge is -2.32. The molecule has 0 spiro atoms. The van der Waals surface area contributed by atoms with E-state index in [1.807, 2.05) is 0 Å². The molecule has 0 aliphatic carbocycles. The van der Waals surface area contributed by atoms with Crippen molar-refractivity contribution in [2.45, 2.75) is 38.0 Å². The summed E-state index contributed by atoms with van der Waals surface area (Å²) < 4.78 is 52.6. The number of piperidine rings is 1. The van der Waals surface area contributed by atoms with Crippen LogP contribution in [0.25, 0.3) is 0 Å². The quantitative estimate of drug-likeness (QED) is 0.864. The van der Waals surface area contributed by atoms with E-state index in [2.05, 4.69) is 10.0 Å². The van der Waals surface area contributed by atoms with Gasteiger partial charge in [0, 0.05) is 30.9 Å². The number of anilines is 1. The largest absolute Gasteiger partial charge is 0.324 e. The van der Waals surface area contributed by atoms with Gasteiger partial charge in [-0.1, -0.05) is 0 Å². The molecule has 2 rings (SSSR count). The molecule has 134 valence electrons. The van der Waals surface area contributed by atoms with Crippen LogP contribution in [0.15, 0.2) is 18.2 Å². The Morgan fingerprint density at radius 1 is 1.17 bits per heavy atom. The third kappa shape index (κ3) is 4.88. The van der Waals surface area contributed by atoms with Crippen molar-refractivity contribution in [1.82, 2.24) is 9.62 Å². The Bertz CT molecular complexity index is 682. The van der Waals surface area contributed by atoms with Crippen molar-refractivity contribution in [3.63, 3.8) is 0 Å². The number of hydrogen-bond acceptors (Lipinski definition) is 3. The molecule has 9 heteroatoms. The van der Waals surface area contributed by atoms with E-state index in [0.29, 0.717) is 25.9 Å². The van der Waals surface area contributed by atoms with Crippen LogP contribution in [-0.2, 0) is 10.0 Å². The van der Waals surface area contributed by atoms with Gasteiger partial charge in [0.25, 0.3) is 0 Å². The molecule has 0 bridgehead atoms. The summed E-state index contributed by atoms with van der Waals surface area (Å²) in [5, 5.41) is 1.93. The van der Waals surface area contributed by atoms with Crippen LogP contribution in [0.1, 0.15) is 26.7 Å². The number of urea groups is 1. The fourth-order valence-electron chi connectivity index (χ4n) is 2.40. The smallest absolute Gasteiger partial charge is 0.321 e. The van der Waals surface area contributed by atoms with Gasteiger partial charge in [0.2, 0.25) is 10.0 Å². The van der Waals surface area contributed by atoms with E-state index in [1.54, 1.807) is 13.8 Å². The van der Waals surface area contributed by atoms with Crippen molar-refractivity contribution in [2.24, 2.45) is 0 Å². The highest BCUT2D eigenvalue weighted by atomic mass is 32.2. The molecule has 1 aromatic carbocycles. The number of likely N-dealkylation sites (tertiary alicyclic amines) is 1. The van der Waals surface area contributed by atoms with Crippen LogP contribution >= 0.6 is 0 Å². The summed E-state index contributed by atoms with van der Waals surface area (Å²) in [6.45, 7) is 3.91. The molecule has 24 heavy (non-hydrogen) atoms. The first kappa shape index (κ1) is 18.6. The van der Waals surface area contributed by atoms with Crippen LogP contribution in [0.5, 0.6) is 0 Å². The lowest BCUT2D eigenvalue weighted by atomic mass is 10.1. The number of nitrogens with one attached hydrogen (secondary N) is 2. The fraction of sp³-hybridized carbons (Fsp3) is 0.533. The summed E-state index contributed by atoms with van der Waals surface area (Å²) in [6, 6.07) is 2.11. The summed E-state index contributed by atoms with van der Waals surface area (Å²) in [5.41, 5.74) is 0.0418. The maximum atomic E-state index is 13.1. The molecule has 0 radical (unpaired) electrons. The minimum atomic E-state index is -3.35. The number of amides is 2. The van der Waals surface area contributed by atoms with Crippen molar-refractivity contribution >= 4 is 21.7 Å². The molecule has 0 atom stereocenters. The van der Waals surface area contributed by atoms with Gasteiger partial charge in [-0.25, -0.2) is 26.7 Å². The van der Waals surface area contributed by atoms with Gasteiger partial charge < -0.3 is 10.2 Å². The van der Waals surface area contributed by atoms with Crippen molar-refractivity contribution in [3.05, 3.63) is 29.8 Å². The van der Waals surface area contributed by atoms with Gasteiger partial charge in [-0.15, -0.1) is 0 Å². The second-order valence-electron chi connectivity index (χ2n) is 6.06. The first-order valence-corrected chi connectivity index (χ1v) is 9.25. The van der Waals surface area contributed by atoms with E-state index in [1.165, 1.54) is 4.90 Å². The predicted octanol–water partition coefficient (Wildman–Crippen LogP) is 2.29. The van der Waals surface area contributed by atoms with Crippen molar-refractivity contribution in [2.75, 3.05) is 18.4 Å². The lowest BCUT2D eigenvalue weighted by Crippen LogP contribution is -2.48. The predicted molar refractivity (Wildman–Crippen MR) is 87.2 cm³/mol. The molecule has 6 nitrogen and oxygen atoms in total. The molecule has 1 heterocycles. The van der Waals surface area contributed by atoms with Crippen LogP contribution < -0.4 is 10.0 Å². The van der Waals surface area contributed by atoms with Gasteiger partial charge in [-0.3, -0.25) is 0 Å². The second-order valence-corrected chi connectivity index (χ2v) is 8.33. The molecule has 1 aromatic rings. The standard InChI is InChI=1S/C15H21F2N3O3S/c1-10(2)24(22,23)19-13-3-5-20(6-4-13)15(21)18-14-8-11(16)7-12(17)9-14/h7-10,13,19H,3-6H2,1-2H3,(H,18,21). The van der Waals surface area contributed by atoms with Crippen molar-refractivity contribution < 1.29 is 22.0 Å². The SMILES string of the molecule is CC(C)S(=O)(=O)NC1CCN(C(=O)Nc2cc(F)cc(F)c2)CC1. The summed E-state index contributed by atoms with van der Waals surface area (Å²) in [4.78, 5) is 13.6. The summed E-state index contributed by atoms with van der Waals surface area (Å²) in [7, 11) is -3.35. The van der Waals surface area contributed by atoms with Gasteiger partial charge in [0.15, 0.2) is 0 Å². The highest BCUT2D eigenvalue weighted by Crippen LogP contribution is 2.16. The summed E-state index contributed by atoms with van der Waals surface area (Å²) in [6.07, 6.45) is 0.966. The Labute approximate surface area is 140 Å². The molecule has 2 amide bonds. The molecule has 1 aliphatic rings. The molecular weight excluding hydrogens is 340 g/mol. The molecule has 0 unspecified atom stereocenters. The number of hydrogen-bond donors (Lipinski definition) is 2. The zero-order valence-corrected chi connectivity index (χ0v) is 14.4. The zero-order chi connectivity index (χ0) is 17.9. The summed E-state index contributed by atoms with van der Waals surface area (Å²) in [5.74, 6) is -1.54. The van der Waals surface area contributed by atoms with Crippen molar-refractivity contribution in [1.29, 1.82) is 0 Å². The molecule has 1 saturated heterocycles.